The molecule has 1 aromatic heterocycles. The molecule has 0 spiro atoms. The highest BCUT2D eigenvalue weighted by molar-refractivity contribution is 6.04. The fourth-order valence-electron chi connectivity index (χ4n) is 2.20. The van der Waals surface area contributed by atoms with E-state index >= 15 is 0 Å². The summed E-state index contributed by atoms with van der Waals surface area (Å²) in [6.45, 7) is 5.21. The van der Waals surface area contributed by atoms with Crippen LogP contribution in [0.25, 0.3) is 0 Å². The van der Waals surface area contributed by atoms with Gasteiger partial charge in [0.15, 0.2) is 0 Å². The summed E-state index contributed by atoms with van der Waals surface area (Å²) in [7, 11) is 0. The van der Waals surface area contributed by atoms with Crippen LogP contribution in [0.5, 0.6) is 0 Å². The van der Waals surface area contributed by atoms with Crippen LogP contribution in [-0.2, 0) is 11.3 Å². The lowest BCUT2D eigenvalue weighted by Gasteiger charge is -2.16. The lowest BCUT2D eigenvalue weighted by molar-refractivity contribution is -0.128. The molecule has 19 heavy (non-hydrogen) atoms. The molecule has 3 amide bonds. The molecule has 1 aliphatic heterocycles. The molecule has 1 saturated heterocycles. The van der Waals surface area contributed by atoms with Crippen molar-refractivity contribution in [3.63, 3.8) is 0 Å². The number of rotatable bonds is 6. The molecule has 104 valence electrons. The number of carbonyl (C=O) groups is 2. The fourth-order valence-corrected chi connectivity index (χ4v) is 2.20. The standard InChI is InChI=1S/C13H20N4O2/c1-3-10(2)11-12(18)17(13(19)15-11)7-4-6-16-8-5-14-9-16/h5,8-11H,3-4,6-7H2,1-2H3,(H,15,19)/t10-,11+/m0/s1. The molecule has 2 atom stereocenters. The molecule has 0 radical (unpaired) electrons. The minimum Gasteiger partial charge on any atom is -0.337 e. The first-order valence-corrected chi connectivity index (χ1v) is 6.71. The monoisotopic (exact) mass is 264 g/mol. The van der Waals surface area contributed by atoms with Crippen LogP contribution in [0, 0.1) is 5.92 Å². The first-order valence-electron chi connectivity index (χ1n) is 6.71. The first kappa shape index (κ1) is 13.6. The van der Waals surface area contributed by atoms with Gasteiger partial charge in [-0.15, -0.1) is 0 Å². The molecule has 0 bridgehead atoms. The van der Waals surface area contributed by atoms with E-state index in [4.69, 9.17) is 0 Å². The normalized spacial score (nSPS) is 20.7. The van der Waals surface area contributed by atoms with E-state index in [1.54, 1.807) is 12.5 Å². The third-order valence-electron chi connectivity index (χ3n) is 3.63. The number of nitrogens with zero attached hydrogens (tertiary/aromatic N) is 3. The Labute approximate surface area is 112 Å². The number of imidazole rings is 1. The Bertz CT molecular complexity index is 444. The summed E-state index contributed by atoms with van der Waals surface area (Å²) in [4.78, 5) is 29.2. The maximum absolute atomic E-state index is 12.1. The van der Waals surface area contributed by atoms with E-state index in [1.807, 2.05) is 24.6 Å². The summed E-state index contributed by atoms with van der Waals surface area (Å²) >= 11 is 0. The number of amides is 3. The highest BCUT2D eigenvalue weighted by Gasteiger charge is 2.39. The molecule has 0 aromatic carbocycles. The highest BCUT2D eigenvalue weighted by Crippen LogP contribution is 2.17. The van der Waals surface area contributed by atoms with Crippen LogP contribution in [0.15, 0.2) is 18.7 Å². The van der Waals surface area contributed by atoms with Crippen LogP contribution in [0.4, 0.5) is 4.79 Å². The summed E-state index contributed by atoms with van der Waals surface area (Å²) in [5.74, 6) is 0.0834. The summed E-state index contributed by atoms with van der Waals surface area (Å²) in [6.07, 6.45) is 6.93. The minimum absolute atomic E-state index is 0.0926. The van der Waals surface area contributed by atoms with E-state index in [0.717, 1.165) is 19.4 Å². The molecule has 6 nitrogen and oxygen atoms in total. The van der Waals surface area contributed by atoms with Crippen molar-refractivity contribution in [3.8, 4) is 0 Å². The van der Waals surface area contributed by atoms with Gasteiger partial charge in [-0.05, 0) is 12.3 Å². The molecule has 1 aromatic rings. The zero-order valence-electron chi connectivity index (χ0n) is 11.4. The largest absolute Gasteiger partial charge is 0.337 e. The van der Waals surface area contributed by atoms with E-state index in [1.165, 1.54) is 4.90 Å². The molecule has 0 aliphatic carbocycles. The van der Waals surface area contributed by atoms with Crippen molar-refractivity contribution in [2.24, 2.45) is 5.92 Å². The predicted molar refractivity (Wildman–Crippen MR) is 70.3 cm³/mol. The van der Waals surface area contributed by atoms with Gasteiger partial charge in [-0.25, -0.2) is 9.78 Å². The van der Waals surface area contributed by atoms with Crippen molar-refractivity contribution in [1.29, 1.82) is 0 Å². The number of hydrogen-bond donors (Lipinski definition) is 1. The highest BCUT2D eigenvalue weighted by atomic mass is 16.2. The zero-order chi connectivity index (χ0) is 13.8. The number of nitrogens with one attached hydrogen (secondary N) is 1. The molecule has 2 heterocycles. The molecule has 0 saturated carbocycles. The topological polar surface area (TPSA) is 67.2 Å². The third-order valence-corrected chi connectivity index (χ3v) is 3.63. The van der Waals surface area contributed by atoms with E-state index in [0.29, 0.717) is 6.54 Å². The molecular weight excluding hydrogens is 244 g/mol. The fraction of sp³-hybridized carbons (Fsp3) is 0.615. The molecule has 1 N–H and O–H groups in total. The smallest absolute Gasteiger partial charge is 0.324 e. The average Bonchev–Trinajstić information content (AvgIpc) is 3.00. The third kappa shape index (κ3) is 2.94. The van der Waals surface area contributed by atoms with Crippen molar-refractivity contribution in [3.05, 3.63) is 18.7 Å². The Kier molecular flexibility index (Phi) is 4.19. The Hall–Kier alpha value is -1.85. The molecule has 1 fully saturated rings. The number of aromatic nitrogens is 2. The summed E-state index contributed by atoms with van der Waals surface area (Å²) in [5.41, 5.74) is 0. The Morgan fingerprint density at radius 3 is 2.84 bits per heavy atom. The molecule has 6 heteroatoms. The average molecular weight is 264 g/mol. The second kappa shape index (κ2) is 5.86. The first-order chi connectivity index (χ1) is 9.13. The number of imide groups is 1. The van der Waals surface area contributed by atoms with Gasteiger partial charge in [-0.1, -0.05) is 20.3 Å². The lowest BCUT2D eigenvalue weighted by atomic mass is 9.99. The van der Waals surface area contributed by atoms with Gasteiger partial charge in [0, 0.05) is 25.5 Å². The maximum Gasteiger partial charge on any atom is 0.324 e. The van der Waals surface area contributed by atoms with Crippen LogP contribution in [0.3, 0.4) is 0 Å². The van der Waals surface area contributed by atoms with Gasteiger partial charge in [0.1, 0.15) is 6.04 Å². The van der Waals surface area contributed by atoms with Gasteiger partial charge in [0.05, 0.1) is 6.33 Å². The molecular formula is C13H20N4O2. The zero-order valence-corrected chi connectivity index (χ0v) is 11.4. The lowest BCUT2D eigenvalue weighted by Crippen LogP contribution is -2.36. The molecule has 1 aliphatic rings. The van der Waals surface area contributed by atoms with Crippen molar-refractivity contribution in [2.75, 3.05) is 6.54 Å². The maximum atomic E-state index is 12.1. The van der Waals surface area contributed by atoms with E-state index in [-0.39, 0.29) is 23.9 Å². The second-order valence-electron chi connectivity index (χ2n) is 4.96. The van der Waals surface area contributed by atoms with Gasteiger partial charge in [-0.3, -0.25) is 9.69 Å². The number of urea groups is 1. The summed E-state index contributed by atoms with van der Waals surface area (Å²) < 4.78 is 1.94. The number of aryl methyl sites for hydroxylation is 1. The van der Waals surface area contributed by atoms with Crippen molar-refractivity contribution >= 4 is 11.9 Å². The van der Waals surface area contributed by atoms with E-state index in [9.17, 15) is 9.59 Å². The predicted octanol–water partition coefficient (Wildman–Crippen LogP) is 1.24. The Morgan fingerprint density at radius 1 is 1.42 bits per heavy atom. The van der Waals surface area contributed by atoms with Gasteiger partial charge in [0.2, 0.25) is 0 Å². The van der Waals surface area contributed by atoms with E-state index in [2.05, 4.69) is 10.3 Å². The van der Waals surface area contributed by atoms with Gasteiger partial charge < -0.3 is 9.88 Å². The van der Waals surface area contributed by atoms with Gasteiger partial charge >= 0.3 is 6.03 Å². The van der Waals surface area contributed by atoms with Gasteiger partial charge in [0.25, 0.3) is 5.91 Å². The quantitative estimate of drug-likeness (QED) is 0.786. The van der Waals surface area contributed by atoms with Crippen LogP contribution >= 0.6 is 0 Å². The Morgan fingerprint density at radius 2 is 2.21 bits per heavy atom. The van der Waals surface area contributed by atoms with Crippen LogP contribution in [-0.4, -0.2) is 39.0 Å². The van der Waals surface area contributed by atoms with E-state index < -0.39 is 0 Å². The van der Waals surface area contributed by atoms with Crippen molar-refractivity contribution < 1.29 is 9.59 Å². The van der Waals surface area contributed by atoms with Crippen molar-refractivity contribution in [2.45, 2.75) is 39.3 Å². The summed E-state index contributed by atoms with van der Waals surface area (Å²) in [5, 5.41) is 2.77. The molecule has 2 rings (SSSR count). The van der Waals surface area contributed by atoms with Crippen LogP contribution < -0.4 is 5.32 Å². The van der Waals surface area contributed by atoms with Gasteiger partial charge in [-0.2, -0.15) is 0 Å². The second-order valence-corrected chi connectivity index (χ2v) is 4.96. The molecule has 0 unspecified atom stereocenters. The minimum atomic E-state index is -0.356. The Balaban J connectivity index is 1.86. The number of hydrogen-bond acceptors (Lipinski definition) is 3. The number of carbonyl (C=O) groups excluding carboxylic acids is 2. The van der Waals surface area contributed by atoms with Crippen LogP contribution in [0.1, 0.15) is 26.7 Å². The summed E-state index contributed by atoms with van der Waals surface area (Å²) in [6, 6.07) is -0.619. The van der Waals surface area contributed by atoms with Crippen LogP contribution in [0.2, 0.25) is 0 Å². The SMILES string of the molecule is CC[C@H](C)[C@H]1NC(=O)N(CCCn2ccnc2)C1=O. The van der Waals surface area contributed by atoms with Crippen molar-refractivity contribution in [1.82, 2.24) is 19.8 Å².